The molecule has 0 saturated carbocycles. The molecule has 1 unspecified atom stereocenters. The van der Waals surface area contributed by atoms with E-state index in [1.54, 1.807) is 42.5 Å². The number of likely N-dealkylation sites (tertiary alicyclic amines) is 1. The number of amides is 1. The number of rotatable bonds is 9. The fourth-order valence-corrected chi connectivity index (χ4v) is 3.84. The highest BCUT2D eigenvalue weighted by Crippen LogP contribution is 2.42. The third kappa shape index (κ3) is 5.31. The predicted molar refractivity (Wildman–Crippen MR) is 128 cm³/mol. The molecule has 1 aliphatic rings. The van der Waals surface area contributed by atoms with Crippen molar-refractivity contribution < 1.29 is 24.2 Å². The summed E-state index contributed by atoms with van der Waals surface area (Å²) in [6.45, 7) is 3.42. The first kappa shape index (κ1) is 24.6. The lowest BCUT2D eigenvalue weighted by Crippen LogP contribution is -2.35. The molecule has 7 nitrogen and oxygen atoms in total. The summed E-state index contributed by atoms with van der Waals surface area (Å²) in [5.74, 6) is -0.552. The standard InChI is InChI=1S/C25H29ClN2O5/c1-5-14-33-19-11-8-17(15-20(19)32-4)22-21(23(29)16-6-9-18(26)10-7-16)24(30)25(31)28(22)13-12-27(2)3/h6-11,15,22,29H,5,12-14H2,1-4H3/b23-21+. The van der Waals surface area contributed by atoms with E-state index in [1.807, 2.05) is 25.9 Å². The number of hydrogen-bond donors (Lipinski definition) is 1. The number of halogens is 1. The van der Waals surface area contributed by atoms with Crippen molar-refractivity contribution in [2.24, 2.45) is 0 Å². The minimum absolute atomic E-state index is 0.0327. The summed E-state index contributed by atoms with van der Waals surface area (Å²) in [4.78, 5) is 29.5. The van der Waals surface area contributed by atoms with Gasteiger partial charge in [0.25, 0.3) is 11.7 Å². The summed E-state index contributed by atoms with van der Waals surface area (Å²) in [6.07, 6.45) is 0.844. The van der Waals surface area contributed by atoms with Crippen LogP contribution in [0.15, 0.2) is 48.0 Å². The fourth-order valence-electron chi connectivity index (χ4n) is 3.71. The number of ketones is 1. The molecule has 176 valence electrons. The van der Waals surface area contributed by atoms with E-state index in [-0.39, 0.29) is 11.3 Å². The smallest absolute Gasteiger partial charge is 0.295 e. The van der Waals surface area contributed by atoms with Crippen LogP contribution in [0.1, 0.15) is 30.5 Å². The first-order chi connectivity index (χ1) is 15.8. The van der Waals surface area contributed by atoms with Gasteiger partial charge in [0, 0.05) is 23.7 Å². The van der Waals surface area contributed by atoms with Crippen molar-refractivity contribution in [3.05, 3.63) is 64.2 Å². The zero-order valence-electron chi connectivity index (χ0n) is 19.3. The van der Waals surface area contributed by atoms with Crippen molar-refractivity contribution in [3.8, 4) is 11.5 Å². The van der Waals surface area contributed by atoms with Crippen LogP contribution >= 0.6 is 11.6 Å². The van der Waals surface area contributed by atoms with Gasteiger partial charge in [-0.3, -0.25) is 9.59 Å². The van der Waals surface area contributed by atoms with Crippen LogP contribution in [0.5, 0.6) is 11.5 Å². The van der Waals surface area contributed by atoms with Gasteiger partial charge in [0.05, 0.1) is 25.3 Å². The number of benzene rings is 2. The van der Waals surface area contributed by atoms with Gasteiger partial charge in [0.2, 0.25) is 0 Å². The number of aliphatic hydroxyl groups excluding tert-OH is 1. The molecule has 2 aromatic rings. The number of methoxy groups -OCH3 is 1. The Morgan fingerprint density at radius 3 is 2.42 bits per heavy atom. The molecule has 1 saturated heterocycles. The van der Waals surface area contributed by atoms with Crippen LogP contribution in [0, 0.1) is 0 Å². The molecule has 8 heteroatoms. The van der Waals surface area contributed by atoms with Gasteiger partial charge < -0.3 is 24.4 Å². The Balaban J connectivity index is 2.14. The number of likely N-dealkylation sites (N-methyl/N-ethyl adjacent to an activating group) is 1. The quantitative estimate of drug-likeness (QED) is 0.336. The van der Waals surface area contributed by atoms with Crippen LogP contribution in [-0.2, 0) is 9.59 Å². The summed E-state index contributed by atoms with van der Waals surface area (Å²) in [5.41, 5.74) is 1.08. The average molecular weight is 473 g/mol. The number of Topliss-reactive ketones (excluding diaryl/α,β-unsaturated/α-hetero) is 1. The molecule has 0 aliphatic carbocycles. The van der Waals surface area contributed by atoms with Crippen LogP contribution in [0.4, 0.5) is 0 Å². The number of carbonyl (C=O) groups excluding carboxylic acids is 2. The minimum atomic E-state index is -0.769. The second kappa shape index (κ2) is 10.7. The summed E-state index contributed by atoms with van der Waals surface area (Å²) in [6, 6.07) is 11.0. The average Bonchev–Trinajstić information content (AvgIpc) is 3.06. The molecule has 1 fully saturated rings. The maximum Gasteiger partial charge on any atom is 0.295 e. The first-order valence-corrected chi connectivity index (χ1v) is 11.2. The highest BCUT2D eigenvalue weighted by Gasteiger charge is 2.46. The first-order valence-electron chi connectivity index (χ1n) is 10.8. The molecular weight excluding hydrogens is 444 g/mol. The summed E-state index contributed by atoms with van der Waals surface area (Å²) < 4.78 is 11.3. The molecule has 3 rings (SSSR count). The third-order valence-electron chi connectivity index (χ3n) is 5.41. The van der Waals surface area contributed by atoms with E-state index in [9.17, 15) is 14.7 Å². The van der Waals surface area contributed by atoms with E-state index >= 15 is 0 Å². The highest BCUT2D eigenvalue weighted by molar-refractivity contribution is 6.46. The number of ether oxygens (including phenoxy) is 2. The van der Waals surface area contributed by atoms with E-state index in [0.29, 0.717) is 47.3 Å². The summed E-state index contributed by atoms with van der Waals surface area (Å²) in [5, 5.41) is 11.6. The molecule has 0 radical (unpaired) electrons. The zero-order chi connectivity index (χ0) is 24.1. The topological polar surface area (TPSA) is 79.3 Å². The van der Waals surface area contributed by atoms with Gasteiger partial charge in [-0.1, -0.05) is 24.6 Å². The van der Waals surface area contributed by atoms with E-state index in [4.69, 9.17) is 21.1 Å². The predicted octanol–water partition coefficient (Wildman–Crippen LogP) is 4.12. The fraction of sp³-hybridized carbons (Fsp3) is 0.360. The molecule has 1 aliphatic heterocycles. The summed E-state index contributed by atoms with van der Waals surface area (Å²) in [7, 11) is 5.32. The number of hydrogen-bond acceptors (Lipinski definition) is 6. The molecule has 33 heavy (non-hydrogen) atoms. The van der Waals surface area contributed by atoms with Gasteiger partial charge >= 0.3 is 0 Å². The van der Waals surface area contributed by atoms with Crippen molar-refractivity contribution in [2.45, 2.75) is 19.4 Å². The molecule has 2 aromatic carbocycles. The van der Waals surface area contributed by atoms with Gasteiger partial charge in [-0.25, -0.2) is 0 Å². The molecule has 1 amide bonds. The number of nitrogens with zero attached hydrogens (tertiary/aromatic N) is 2. The maximum absolute atomic E-state index is 13.1. The highest BCUT2D eigenvalue weighted by atomic mass is 35.5. The minimum Gasteiger partial charge on any atom is -0.507 e. The van der Waals surface area contributed by atoms with Gasteiger partial charge in [-0.05, 0) is 62.5 Å². The second-order valence-corrected chi connectivity index (χ2v) is 8.50. The summed E-state index contributed by atoms with van der Waals surface area (Å²) >= 11 is 5.97. The number of carbonyl (C=O) groups is 2. The Bertz CT molecular complexity index is 1050. The van der Waals surface area contributed by atoms with Crippen LogP contribution in [-0.4, -0.2) is 67.5 Å². The van der Waals surface area contributed by atoms with Gasteiger partial charge in [-0.15, -0.1) is 0 Å². The van der Waals surface area contributed by atoms with E-state index in [1.165, 1.54) is 12.0 Å². The Labute approximate surface area is 199 Å². The molecule has 1 heterocycles. The lowest BCUT2D eigenvalue weighted by atomic mass is 9.95. The Hall–Kier alpha value is -3.03. The molecule has 0 aromatic heterocycles. The van der Waals surface area contributed by atoms with E-state index < -0.39 is 17.7 Å². The third-order valence-corrected chi connectivity index (χ3v) is 5.66. The van der Waals surface area contributed by atoms with E-state index in [0.717, 1.165) is 6.42 Å². The Morgan fingerprint density at radius 2 is 1.82 bits per heavy atom. The Morgan fingerprint density at radius 1 is 1.12 bits per heavy atom. The maximum atomic E-state index is 13.1. The lowest BCUT2D eigenvalue weighted by molar-refractivity contribution is -0.140. The van der Waals surface area contributed by atoms with Crippen molar-refractivity contribution in [2.75, 3.05) is 40.9 Å². The Kier molecular flexibility index (Phi) is 8.00. The SMILES string of the molecule is CCCOc1ccc(C2/C(=C(\O)c3ccc(Cl)cc3)C(=O)C(=O)N2CCN(C)C)cc1OC. The largest absolute Gasteiger partial charge is 0.507 e. The number of aliphatic hydroxyl groups is 1. The molecular formula is C25H29ClN2O5. The van der Waals surface area contributed by atoms with E-state index in [2.05, 4.69) is 0 Å². The van der Waals surface area contributed by atoms with Crippen molar-refractivity contribution in [1.82, 2.24) is 9.80 Å². The lowest BCUT2D eigenvalue weighted by Gasteiger charge is -2.27. The van der Waals surface area contributed by atoms with Crippen LogP contribution < -0.4 is 9.47 Å². The monoisotopic (exact) mass is 472 g/mol. The van der Waals surface area contributed by atoms with Crippen molar-refractivity contribution >= 4 is 29.1 Å². The van der Waals surface area contributed by atoms with Crippen LogP contribution in [0.25, 0.3) is 5.76 Å². The molecule has 1 atom stereocenters. The van der Waals surface area contributed by atoms with Crippen molar-refractivity contribution in [3.63, 3.8) is 0 Å². The van der Waals surface area contributed by atoms with Gasteiger partial charge in [0.1, 0.15) is 5.76 Å². The molecule has 0 spiro atoms. The zero-order valence-corrected chi connectivity index (χ0v) is 20.1. The van der Waals surface area contributed by atoms with Crippen molar-refractivity contribution in [1.29, 1.82) is 0 Å². The van der Waals surface area contributed by atoms with Gasteiger partial charge in [-0.2, -0.15) is 0 Å². The second-order valence-electron chi connectivity index (χ2n) is 8.06. The normalized spacial score (nSPS) is 17.6. The molecule has 0 bridgehead atoms. The van der Waals surface area contributed by atoms with Gasteiger partial charge in [0.15, 0.2) is 11.5 Å². The van der Waals surface area contributed by atoms with Crippen LogP contribution in [0.3, 0.4) is 0 Å². The van der Waals surface area contributed by atoms with Crippen LogP contribution in [0.2, 0.25) is 5.02 Å². The molecule has 1 N–H and O–H groups in total.